The first kappa shape index (κ1) is 14.6. The fourth-order valence-corrected chi connectivity index (χ4v) is 3.41. The van der Waals surface area contributed by atoms with Crippen molar-refractivity contribution >= 4 is 33.3 Å². The van der Waals surface area contributed by atoms with Gasteiger partial charge in [0.25, 0.3) is 0 Å². The summed E-state index contributed by atoms with van der Waals surface area (Å²) in [5, 5.41) is 0.622. The average Bonchev–Trinajstić information content (AvgIpc) is 2.92. The third-order valence-electron chi connectivity index (χ3n) is 3.63. The van der Waals surface area contributed by atoms with Crippen LogP contribution in [0.1, 0.15) is 27.9 Å². The Morgan fingerprint density at radius 1 is 1.24 bits per heavy atom. The fraction of sp³-hybridized carbons (Fsp3) is 0.235. The highest BCUT2D eigenvalue weighted by molar-refractivity contribution is 9.10. The van der Waals surface area contributed by atoms with Gasteiger partial charge in [-0.05, 0) is 57.7 Å². The molecule has 21 heavy (non-hydrogen) atoms. The van der Waals surface area contributed by atoms with E-state index in [1.54, 1.807) is 18.2 Å². The molecule has 0 bridgehead atoms. The second kappa shape index (κ2) is 6.20. The number of carbonyl (C=O) groups is 1. The Labute approximate surface area is 137 Å². The van der Waals surface area contributed by atoms with E-state index in [2.05, 4.69) is 22.0 Å². The molecule has 0 atom stereocenters. The zero-order chi connectivity index (χ0) is 14.8. The van der Waals surface area contributed by atoms with Crippen LogP contribution < -0.4 is 4.74 Å². The molecule has 0 radical (unpaired) electrons. The predicted molar refractivity (Wildman–Crippen MR) is 87.4 cm³/mol. The normalized spacial score (nSPS) is 12.9. The van der Waals surface area contributed by atoms with Crippen molar-refractivity contribution in [3.05, 3.63) is 62.6 Å². The minimum atomic E-state index is 0.121. The number of benzene rings is 2. The van der Waals surface area contributed by atoms with E-state index in [0.29, 0.717) is 17.0 Å². The molecule has 0 spiro atoms. The number of aryl methyl sites for hydroxylation is 1. The number of hydrogen-bond acceptors (Lipinski definition) is 2. The van der Waals surface area contributed by atoms with Gasteiger partial charge >= 0.3 is 0 Å². The van der Waals surface area contributed by atoms with Gasteiger partial charge in [0.05, 0.1) is 6.61 Å². The van der Waals surface area contributed by atoms with Crippen LogP contribution in [0, 0.1) is 0 Å². The van der Waals surface area contributed by atoms with Crippen molar-refractivity contribution in [2.75, 3.05) is 6.61 Å². The molecule has 0 saturated carbocycles. The summed E-state index contributed by atoms with van der Waals surface area (Å²) < 4.78 is 6.24. The molecule has 108 valence electrons. The molecule has 2 aromatic carbocycles. The number of ketones is 1. The lowest BCUT2D eigenvalue weighted by Gasteiger charge is -2.06. The maximum Gasteiger partial charge on any atom is 0.164 e. The maximum atomic E-state index is 12.3. The van der Waals surface area contributed by atoms with Crippen LogP contribution in [-0.2, 0) is 12.8 Å². The third kappa shape index (κ3) is 3.30. The molecular formula is C17H14BrClO2. The van der Waals surface area contributed by atoms with Gasteiger partial charge in [0.2, 0.25) is 0 Å². The van der Waals surface area contributed by atoms with E-state index in [-0.39, 0.29) is 5.78 Å². The van der Waals surface area contributed by atoms with Gasteiger partial charge in [-0.2, -0.15) is 0 Å². The van der Waals surface area contributed by atoms with E-state index in [4.69, 9.17) is 16.3 Å². The highest BCUT2D eigenvalue weighted by Crippen LogP contribution is 2.27. The van der Waals surface area contributed by atoms with Crippen LogP contribution in [0.5, 0.6) is 5.75 Å². The van der Waals surface area contributed by atoms with Crippen LogP contribution in [0.3, 0.4) is 0 Å². The van der Waals surface area contributed by atoms with E-state index in [1.165, 1.54) is 11.1 Å². The molecule has 0 saturated heterocycles. The number of halogens is 2. The molecule has 2 nitrogen and oxygen atoms in total. The summed E-state index contributed by atoms with van der Waals surface area (Å²) >= 11 is 9.29. The first-order valence-corrected chi connectivity index (χ1v) is 8.03. The standard InChI is InChI=1S/C17H14BrClO2/c18-15-10-13(19)3-4-14(15)16(20)5-1-11-2-6-17-12(9-11)7-8-21-17/h2-4,6,9-10H,1,5,7-8H2. The molecule has 0 fully saturated rings. The summed E-state index contributed by atoms with van der Waals surface area (Å²) in [7, 11) is 0. The van der Waals surface area contributed by atoms with Crippen molar-refractivity contribution in [2.24, 2.45) is 0 Å². The van der Waals surface area contributed by atoms with Gasteiger partial charge in [-0.15, -0.1) is 0 Å². The van der Waals surface area contributed by atoms with Gasteiger partial charge in [0, 0.05) is 27.9 Å². The van der Waals surface area contributed by atoms with Crippen LogP contribution in [-0.4, -0.2) is 12.4 Å². The summed E-state index contributed by atoms with van der Waals surface area (Å²) in [5.74, 6) is 1.10. The molecule has 2 aromatic rings. The summed E-state index contributed by atoms with van der Waals surface area (Å²) in [6.07, 6.45) is 2.18. The number of Topliss-reactive ketones (excluding diaryl/α,β-unsaturated/α-hetero) is 1. The second-order valence-corrected chi connectivity index (χ2v) is 6.38. The summed E-state index contributed by atoms with van der Waals surface area (Å²) in [4.78, 5) is 12.3. The van der Waals surface area contributed by atoms with Crippen LogP contribution in [0.2, 0.25) is 5.02 Å². The van der Waals surface area contributed by atoms with Crippen LogP contribution in [0.15, 0.2) is 40.9 Å². The minimum Gasteiger partial charge on any atom is -0.493 e. The van der Waals surface area contributed by atoms with Gasteiger partial charge in [0.1, 0.15) is 5.75 Å². The predicted octanol–water partition coefficient (Wildman–Crippen LogP) is 4.85. The largest absolute Gasteiger partial charge is 0.493 e. The number of ether oxygens (including phenoxy) is 1. The van der Waals surface area contributed by atoms with Crippen molar-refractivity contribution in [2.45, 2.75) is 19.3 Å². The van der Waals surface area contributed by atoms with E-state index in [9.17, 15) is 4.79 Å². The molecule has 0 unspecified atom stereocenters. The first-order chi connectivity index (χ1) is 10.1. The fourth-order valence-electron chi connectivity index (χ4n) is 2.50. The van der Waals surface area contributed by atoms with E-state index >= 15 is 0 Å². The second-order valence-electron chi connectivity index (χ2n) is 5.09. The summed E-state index contributed by atoms with van der Waals surface area (Å²) in [6.45, 7) is 0.759. The summed E-state index contributed by atoms with van der Waals surface area (Å²) in [6, 6.07) is 11.4. The maximum absolute atomic E-state index is 12.3. The van der Waals surface area contributed by atoms with Gasteiger partial charge in [0.15, 0.2) is 5.78 Å². The molecule has 1 heterocycles. The average molecular weight is 366 g/mol. The smallest absolute Gasteiger partial charge is 0.164 e. The Bertz CT molecular complexity index is 697. The van der Waals surface area contributed by atoms with Crippen molar-refractivity contribution in [3.8, 4) is 5.75 Å². The molecule has 0 aliphatic carbocycles. The number of fused-ring (bicyclic) bond motifs is 1. The Morgan fingerprint density at radius 2 is 2.10 bits per heavy atom. The van der Waals surface area contributed by atoms with Crippen LogP contribution in [0.25, 0.3) is 0 Å². The van der Waals surface area contributed by atoms with Crippen molar-refractivity contribution in [1.29, 1.82) is 0 Å². The highest BCUT2D eigenvalue weighted by Gasteiger charge is 2.14. The third-order valence-corrected chi connectivity index (χ3v) is 4.52. The zero-order valence-electron chi connectivity index (χ0n) is 11.4. The monoisotopic (exact) mass is 364 g/mol. The van der Waals surface area contributed by atoms with Crippen molar-refractivity contribution in [3.63, 3.8) is 0 Å². The molecule has 1 aliphatic heterocycles. The Balaban J connectivity index is 1.68. The highest BCUT2D eigenvalue weighted by atomic mass is 79.9. The molecule has 0 N–H and O–H groups in total. The number of hydrogen-bond donors (Lipinski definition) is 0. The van der Waals surface area contributed by atoms with Gasteiger partial charge in [-0.1, -0.05) is 23.7 Å². The lowest BCUT2D eigenvalue weighted by atomic mass is 10.0. The van der Waals surface area contributed by atoms with Gasteiger partial charge in [-0.25, -0.2) is 0 Å². The molecule has 4 heteroatoms. The molecule has 0 aromatic heterocycles. The topological polar surface area (TPSA) is 26.3 Å². The van der Waals surface area contributed by atoms with Gasteiger partial charge < -0.3 is 4.74 Å². The Kier molecular flexibility index (Phi) is 4.32. The SMILES string of the molecule is O=C(CCc1ccc2c(c1)CCO2)c1ccc(Cl)cc1Br. The minimum absolute atomic E-state index is 0.121. The van der Waals surface area contributed by atoms with Crippen LogP contribution >= 0.6 is 27.5 Å². The lowest BCUT2D eigenvalue weighted by molar-refractivity contribution is 0.0982. The van der Waals surface area contributed by atoms with Crippen molar-refractivity contribution < 1.29 is 9.53 Å². The van der Waals surface area contributed by atoms with E-state index in [0.717, 1.165) is 29.7 Å². The van der Waals surface area contributed by atoms with Gasteiger partial charge in [-0.3, -0.25) is 4.79 Å². The van der Waals surface area contributed by atoms with Crippen molar-refractivity contribution in [1.82, 2.24) is 0 Å². The first-order valence-electron chi connectivity index (χ1n) is 6.86. The van der Waals surface area contributed by atoms with Crippen LogP contribution in [0.4, 0.5) is 0 Å². The lowest BCUT2D eigenvalue weighted by Crippen LogP contribution is -2.02. The summed E-state index contributed by atoms with van der Waals surface area (Å²) in [5.41, 5.74) is 3.11. The Hall–Kier alpha value is -1.32. The zero-order valence-corrected chi connectivity index (χ0v) is 13.7. The molecular weight excluding hydrogens is 352 g/mol. The molecule has 3 rings (SSSR count). The Morgan fingerprint density at radius 3 is 2.90 bits per heavy atom. The molecule has 0 amide bonds. The number of carbonyl (C=O) groups excluding carboxylic acids is 1. The number of rotatable bonds is 4. The van der Waals surface area contributed by atoms with E-state index < -0.39 is 0 Å². The molecule has 1 aliphatic rings. The quantitative estimate of drug-likeness (QED) is 0.724. The van der Waals surface area contributed by atoms with E-state index in [1.807, 2.05) is 12.1 Å².